The third-order valence-corrected chi connectivity index (χ3v) is 5.84. The Morgan fingerprint density at radius 1 is 1.14 bits per heavy atom. The molecule has 1 aliphatic heterocycles. The summed E-state index contributed by atoms with van der Waals surface area (Å²) in [6.45, 7) is 2.75. The van der Waals surface area contributed by atoms with Crippen LogP contribution in [0, 0.1) is 0 Å². The fourth-order valence-corrected chi connectivity index (χ4v) is 4.35. The maximum atomic E-state index is 12.7. The largest absolute Gasteiger partial charge is 0.497 e. The molecular formula is C20H23N3O5S. The normalized spacial score (nSPS) is 14.7. The van der Waals surface area contributed by atoms with Crippen molar-refractivity contribution in [1.82, 2.24) is 0 Å². The van der Waals surface area contributed by atoms with Crippen molar-refractivity contribution in [3.63, 3.8) is 0 Å². The molecule has 8 nitrogen and oxygen atoms in total. The summed E-state index contributed by atoms with van der Waals surface area (Å²) in [6, 6.07) is 11.4. The van der Waals surface area contributed by atoms with Gasteiger partial charge in [-0.05, 0) is 42.5 Å². The van der Waals surface area contributed by atoms with Crippen molar-refractivity contribution in [2.24, 2.45) is 4.40 Å². The highest BCUT2D eigenvalue weighted by Gasteiger charge is 2.30. The van der Waals surface area contributed by atoms with E-state index in [2.05, 4.69) is 9.71 Å². The topological polar surface area (TPSA) is 97.3 Å². The average Bonchev–Trinajstić information content (AvgIpc) is 2.73. The average molecular weight is 417 g/mol. The fourth-order valence-electron chi connectivity index (χ4n) is 3.03. The van der Waals surface area contributed by atoms with E-state index in [1.807, 2.05) is 11.8 Å². The third kappa shape index (κ3) is 4.41. The van der Waals surface area contributed by atoms with Crippen molar-refractivity contribution in [1.29, 1.82) is 0 Å². The zero-order valence-corrected chi connectivity index (χ0v) is 17.3. The van der Waals surface area contributed by atoms with Crippen LogP contribution in [0.3, 0.4) is 0 Å². The molecule has 0 fully saturated rings. The maximum absolute atomic E-state index is 12.7. The van der Waals surface area contributed by atoms with Gasteiger partial charge in [0.25, 0.3) is 15.9 Å². The number of amidine groups is 1. The van der Waals surface area contributed by atoms with E-state index in [9.17, 15) is 13.2 Å². The maximum Gasteiger partial charge on any atom is 0.286 e. The summed E-state index contributed by atoms with van der Waals surface area (Å²) in [5.74, 6) is 0.751. The van der Waals surface area contributed by atoms with Crippen LogP contribution in [0.4, 0.5) is 11.4 Å². The summed E-state index contributed by atoms with van der Waals surface area (Å²) < 4.78 is 39.5. The quantitative estimate of drug-likeness (QED) is 0.744. The van der Waals surface area contributed by atoms with Crippen molar-refractivity contribution in [3.05, 3.63) is 48.0 Å². The Hall–Kier alpha value is -2.91. The van der Waals surface area contributed by atoms with Crippen LogP contribution < -0.4 is 15.0 Å². The number of ether oxygens (including phenoxy) is 2. The number of methoxy groups -OCH3 is 2. The van der Waals surface area contributed by atoms with Gasteiger partial charge in [-0.15, -0.1) is 4.40 Å². The van der Waals surface area contributed by atoms with E-state index in [1.54, 1.807) is 50.6 Å². The molecule has 0 saturated carbocycles. The molecule has 0 saturated heterocycles. The summed E-state index contributed by atoms with van der Waals surface area (Å²) in [5, 5.41) is 2.73. The minimum atomic E-state index is -3.86. The van der Waals surface area contributed by atoms with Crippen LogP contribution in [0.15, 0.2) is 51.8 Å². The van der Waals surface area contributed by atoms with Crippen LogP contribution in [-0.2, 0) is 14.8 Å². The first kappa shape index (κ1) is 20.8. The molecule has 1 heterocycles. The van der Waals surface area contributed by atoms with Gasteiger partial charge in [-0.25, -0.2) is 0 Å². The van der Waals surface area contributed by atoms with Crippen molar-refractivity contribution in [2.75, 3.05) is 37.6 Å². The lowest BCUT2D eigenvalue weighted by Crippen LogP contribution is -2.37. The number of fused-ring (bicyclic) bond motifs is 1. The van der Waals surface area contributed by atoms with Crippen molar-refractivity contribution in [3.8, 4) is 5.75 Å². The predicted molar refractivity (Wildman–Crippen MR) is 112 cm³/mol. The molecular weight excluding hydrogens is 394 g/mol. The number of nitrogens with zero attached hydrogens (tertiary/aromatic N) is 2. The number of carbonyl (C=O) groups excluding carboxylic acids is 1. The second kappa shape index (κ2) is 8.62. The van der Waals surface area contributed by atoms with Gasteiger partial charge in [-0.2, -0.15) is 8.42 Å². The zero-order valence-electron chi connectivity index (χ0n) is 16.5. The van der Waals surface area contributed by atoms with E-state index in [0.29, 0.717) is 48.1 Å². The summed E-state index contributed by atoms with van der Waals surface area (Å²) in [4.78, 5) is 14.4. The van der Waals surface area contributed by atoms with E-state index >= 15 is 0 Å². The van der Waals surface area contributed by atoms with Gasteiger partial charge in [0, 0.05) is 31.3 Å². The number of nitrogens with one attached hydrogen (secondary N) is 1. The molecule has 0 spiro atoms. The molecule has 0 radical (unpaired) electrons. The zero-order chi connectivity index (χ0) is 21.0. The Balaban J connectivity index is 1.91. The molecule has 1 aliphatic rings. The number of hydrogen-bond donors (Lipinski definition) is 1. The van der Waals surface area contributed by atoms with Gasteiger partial charge in [0.15, 0.2) is 0 Å². The molecule has 29 heavy (non-hydrogen) atoms. The highest BCUT2D eigenvalue weighted by atomic mass is 32.2. The predicted octanol–water partition coefficient (Wildman–Crippen LogP) is 2.91. The summed E-state index contributed by atoms with van der Waals surface area (Å²) in [7, 11) is -0.723. The van der Waals surface area contributed by atoms with E-state index in [0.717, 1.165) is 0 Å². The van der Waals surface area contributed by atoms with Crippen LogP contribution in [0.5, 0.6) is 5.75 Å². The van der Waals surface area contributed by atoms with Gasteiger partial charge >= 0.3 is 0 Å². The fraction of sp³-hybridized carbons (Fsp3) is 0.300. The standard InChI is InChI=1S/C20H23N3O5S/c1-4-19-22-29(25,26)18-13-15(7-10-17(18)23(19)11-12-27-2)21-20(24)14-5-8-16(28-3)9-6-14/h5-10,13H,4,11-12H2,1-3H3,(H,21,24). The first-order valence-corrected chi connectivity index (χ1v) is 10.5. The van der Waals surface area contributed by atoms with Crippen molar-refractivity contribution in [2.45, 2.75) is 18.2 Å². The Morgan fingerprint density at radius 2 is 1.86 bits per heavy atom. The summed E-state index contributed by atoms with van der Waals surface area (Å²) in [5.41, 5.74) is 1.32. The Kier molecular flexibility index (Phi) is 6.19. The van der Waals surface area contributed by atoms with Crippen molar-refractivity contribution >= 4 is 33.1 Å². The molecule has 0 aromatic heterocycles. The van der Waals surface area contributed by atoms with Gasteiger partial charge < -0.3 is 19.7 Å². The SMILES string of the molecule is CCC1=NS(=O)(=O)c2cc(NC(=O)c3ccc(OC)cc3)ccc2N1CCOC. The number of hydrogen-bond acceptors (Lipinski definition) is 6. The molecule has 2 aromatic carbocycles. The first-order valence-electron chi connectivity index (χ1n) is 9.09. The minimum Gasteiger partial charge on any atom is -0.497 e. The monoisotopic (exact) mass is 417 g/mol. The summed E-state index contributed by atoms with van der Waals surface area (Å²) in [6.07, 6.45) is 0.471. The lowest BCUT2D eigenvalue weighted by molar-refractivity contribution is 0.102. The molecule has 0 bridgehead atoms. The number of rotatable bonds is 7. The molecule has 1 amide bonds. The van der Waals surface area contributed by atoms with E-state index in [4.69, 9.17) is 9.47 Å². The highest BCUT2D eigenvalue weighted by molar-refractivity contribution is 7.90. The molecule has 3 rings (SSSR count). The molecule has 154 valence electrons. The first-order chi connectivity index (χ1) is 13.9. The van der Waals surface area contributed by atoms with Gasteiger partial charge in [0.2, 0.25) is 0 Å². The lowest BCUT2D eigenvalue weighted by atomic mass is 10.2. The molecule has 9 heteroatoms. The molecule has 0 unspecified atom stereocenters. The molecule has 0 aliphatic carbocycles. The van der Waals surface area contributed by atoms with E-state index < -0.39 is 10.0 Å². The summed E-state index contributed by atoms with van der Waals surface area (Å²) >= 11 is 0. The third-order valence-electron chi connectivity index (χ3n) is 4.51. The Morgan fingerprint density at radius 3 is 2.48 bits per heavy atom. The molecule has 2 aromatic rings. The lowest BCUT2D eigenvalue weighted by Gasteiger charge is -2.30. The van der Waals surface area contributed by atoms with E-state index in [-0.39, 0.29) is 10.8 Å². The van der Waals surface area contributed by atoms with Gasteiger partial charge in [0.05, 0.1) is 19.4 Å². The Labute approximate surface area is 170 Å². The minimum absolute atomic E-state index is 0.0540. The second-order valence-electron chi connectivity index (χ2n) is 6.35. The van der Waals surface area contributed by atoms with E-state index in [1.165, 1.54) is 6.07 Å². The number of benzene rings is 2. The Bertz CT molecular complexity index is 1030. The van der Waals surface area contributed by atoms with Gasteiger partial charge in [-0.1, -0.05) is 6.92 Å². The van der Waals surface area contributed by atoms with Gasteiger partial charge in [-0.3, -0.25) is 4.79 Å². The number of amides is 1. The molecule has 0 atom stereocenters. The smallest absolute Gasteiger partial charge is 0.286 e. The van der Waals surface area contributed by atoms with Crippen LogP contribution in [0.1, 0.15) is 23.7 Å². The van der Waals surface area contributed by atoms with Crippen molar-refractivity contribution < 1.29 is 22.7 Å². The highest BCUT2D eigenvalue weighted by Crippen LogP contribution is 2.34. The number of anilines is 2. The van der Waals surface area contributed by atoms with Crippen LogP contribution in [0.25, 0.3) is 0 Å². The number of sulfonamides is 1. The van der Waals surface area contributed by atoms with Crippen LogP contribution in [-0.4, -0.2) is 47.5 Å². The van der Waals surface area contributed by atoms with Gasteiger partial charge in [0.1, 0.15) is 16.5 Å². The van der Waals surface area contributed by atoms with Crippen LogP contribution >= 0.6 is 0 Å². The second-order valence-corrected chi connectivity index (χ2v) is 7.92. The van der Waals surface area contributed by atoms with Crippen LogP contribution in [0.2, 0.25) is 0 Å². The molecule has 1 N–H and O–H groups in total. The number of carbonyl (C=O) groups is 1.